The summed E-state index contributed by atoms with van der Waals surface area (Å²) in [5.74, 6) is 0.659. The van der Waals surface area contributed by atoms with Crippen LogP contribution in [0.25, 0.3) is 22.3 Å². The van der Waals surface area contributed by atoms with Crippen LogP contribution in [0.4, 0.5) is 23.0 Å². The highest BCUT2D eigenvalue weighted by Crippen LogP contribution is 2.38. The van der Waals surface area contributed by atoms with Gasteiger partial charge in [0.25, 0.3) is 0 Å². The third kappa shape index (κ3) is 5.28. The van der Waals surface area contributed by atoms with Gasteiger partial charge in [-0.15, -0.1) is 0 Å². The Labute approximate surface area is 210 Å². The molecule has 186 valence electrons. The van der Waals surface area contributed by atoms with Gasteiger partial charge in [0.2, 0.25) is 11.9 Å². The predicted molar refractivity (Wildman–Crippen MR) is 144 cm³/mol. The Morgan fingerprint density at radius 3 is 2.81 bits per heavy atom. The summed E-state index contributed by atoms with van der Waals surface area (Å²) in [6.45, 7) is 5.07. The molecule has 3 aromatic heterocycles. The van der Waals surface area contributed by atoms with Crippen molar-refractivity contribution in [3.05, 3.63) is 61.6 Å². The number of fused-ring (bicyclic) bond motifs is 1. The van der Waals surface area contributed by atoms with Gasteiger partial charge in [-0.25, -0.2) is 15.0 Å². The van der Waals surface area contributed by atoms with Gasteiger partial charge in [0, 0.05) is 62.8 Å². The number of carbonyl (C=O) groups is 1. The first-order valence-electron chi connectivity index (χ1n) is 11.5. The van der Waals surface area contributed by atoms with Crippen LogP contribution in [0.1, 0.15) is 0 Å². The van der Waals surface area contributed by atoms with Crippen LogP contribution in [-0.4, -0.2) is 59.7 Å². The fraction of sp³-hybridized carbons (Fsp3) is 0.231. The number of rotatable bonds is 10. The summed E-state index contributed by atoms with van der Waals surface area (Å²) in [6.07, 6.45) is 6.70. The molecule has 0 aliphatic rings. The van der Waals surface area contributed by atoms with Gasteiger partial charge in [-0.2, -0.15) is 0 Å². The van der Waals surface area contributed by atoms with E-state index in [1.165, 1.54) is 6.08 Å². The highest BCUT2D eigenvalue weighted by Gasteiger charge is 2.16. The van der Waals surface area contributed by atoms with Crippen LogP contribution in [0.3, 0.4) is 0 Å². The Hall–Kier alpha value is -4.44. The van der Waals surface area contributed by atoms with Crippen molar-refractivity contribution >= 4 is 40.0 Å². The standard InChI is InChI=1S/C26H30N8O2/c1-6-24(35)30-20-14-21(23(36-5)15-22(20)33(3)12-10-27-2)32-26-28-9-7-19(31-26)18-13-17-8-11-34(4)25(17)29-16-18/h6-9,11,13-16,27H,1,10,12H2,2-5H3,(H,30,35)(H,28,31,32). The van der Waals surface area contributed by atoms with Gasteiger partial charge in [0.05, 0.1) is 29.9 Å². The lowest BCUT2D eigenvalue weighted by molar-refractivity contribution is -0.111. The third-order valence-corrected chi connectivity index (χ3v) is 5.77. The van der Waals surface area contributed by atoms with E-state index in [0.29, 0.717) is 23.1 Å². The van der Waals surface area contributed by atoms with Gasteiger partial charge in [0.15, 0.2) is 0 Å². The SMILES string of the molecule is C=CC(=O)Nc1cc(Nc2nccc(-c3cnc4c(ccn4C)c3)n2)c(OC)cc1N(C)CCNC. The van der Waals surface area contributed by atoms with E-state index in [-0.39, 0.29) is 5.91 Å². The molecule has 0 fully saturated rings. The quantitative estimate of drug-likeness (QED) is 0.292. The molecule has 0 aliphatic heterocycles. The second-order valence-electron chi connectivity index (χ2n) is 8.24. The van der Waals surface area contributed by atoms with E-state index >= 15 is 0 Å². The van der Waals surface area contributed by atoms with Crippen molar-refractivity contribution in [3.63, 3.8) is 0 Å². The smallest absolute Gasteiger partial charge is 0.247 e. The minimum Gasteiger partial charge on any atom is -0.494 e. The Morgan fingerprint density at radius 2 is 2.06 bits per heavy atom. The highest BCUT2D eigenvalue weighted by molar-refractivity contribution is 6.02. The number of carbonyl (C=O) groups excluding carboxylic acids is 1. The number of nitrogens with one attached hydrogen (secondary N) is 3. The number of methoxy groups -OCH3 is 1. The molecule has 0 radical (unpaired) electrons. The molecule has 0 saturated carbocycles. The first-order valence-corrected chi connectivity index (χ1v) is 11.5. The van der Waals surface area contributed by atoms with E-state index in [9.17, 15) is 4.79 Å². The number of hydrogen-bond donors (Lipinski definition) is 3. The molecule has 10 heteroatoms. The summed E-state index contributed by atoms with van der Waals surface area (Å²) in [4.78, 5) is 27.8. The van der Waals surface area contributed by atoms with E-state index in [4.69, 9.17) is 4.74 Å². The highest BCUT2D eigenvalue weighted by atomic mass is 16.5. The summed E-state index contributed by atoms with van der Waals surface area (Å²) in [7, 11) is 7.40. The van der Waals surface area contributed by atoms with E-state index < -0.39 is 0 Å². The lowest BCUT2D eigenvalue weighted by Crippen LogP contribution is -2.28. The van der Waals surface area contributed by atoms with E-state index in [1.54, 1.807) is 25.6 Å². The first-order chi connectivity index (χ1) is 17.4. The van der Waals surface area contributed by atoms with Crippen molar-refractivity contribution < 1.29 is 9.53 Å². The molecule has 0 bridgehead atoms. The lowest BCUT2D eigenvalue weighted by atomic mass is 10.1. The number of nitrogens with zero attached hydrogens (tertiary/aromatic N) is 5. The second kappa shape index (κ2) is 10.9. The molecule has 4 aromatic rings. The monoisotopic (exact) mass is 486 g/mol. The van der Waals surface area contributed by atoms with Crippen LogP contribution in [0.2, 0.25) is 0 Å². The first kappa shape index (κ1) is 24.7. The summed E-state index contributed by atoms with van der Waals surface area (Å²) in [5, 5.41) is 10.3. The molecular weight excluding hydrogens is 456 g/mol. The molecule has 0 unspecified atom stereocenters. The number of benzene rings is 1. The van der Waals surface area contributed by atoms with Gasteiger partial charge in [-0.1, -0.05) is 6.58 Å². The third-order valence-electron chi connectivity index (χ3n) is 5.77. The minimum atomic E-state index is -0.309. The number of aryl methyl sites for hydroxylation is 1. The minimum absolute atomic E-state index is 0.309. The van der Waals surface area contributed by atoms with Crippen molar-refractivity contribution in [1.82, 2.24) is 24.8 Å². The lowest BCUT2D eigenvalue weighted by Gasteiger charge is -2.24. The number of pyridine rings is 1. The average molecular weight is 487 g/mol. The molecule has 3 N–H and O–H groups in total. The number of amides is 1. The van der Waals surface area contributed by atoms with Crippen LogP contribution in [0.5, 0.6) is 5.75 Å². The fourth-order valence-electron chi connectivity index (χ4n) is 3.83. The van der Waals surface area contributed by atoms with Crippen LogP contribution in [-0.2, 0) is 11.8 Å². The van der Waals surface area contributed by atoms with Crippen molar-refractivity contribution in [3.8, 4) is 17.0 Å². The molecule has 0 saturated heterocycles. The summed E-state index contributed by atoms with van der Waals surface area (Å²) in [6, 6.07) is 9.58. The van der Waals surface area contributed by atoms with Gasteiger partial charge >= 0.3 is 0 Å². The Bertz CT molecular complexity index is 1400. The largest absolute Gasteiger partial charge is 0.494 e. The van der Waals surface area contributed by atoms with E-state index in [0.717, 1.165) is 41.1 Å². The zero-order valence-corrected chi connectivity index (χ0v) is 20.9. The molecule has 36 heavy (non-hydrogen) atoms. The fourth-order valence-corrected chi connectivity index (χ4v) is 3.83. The number of likely N-dealkylation sites (N-methyl/N-ethyl adjacent to an activating group) is 2. The van der Waals surface area contributed by atoms with E-state index in [2.05, 4.69) is 37.5 Å². The van der Waals surface area contributed by atoms with Crippen molar-refractivity contribution in [2.75, 3.05) is 49.8 Å². The van der Waals surface area contributed by atoms with Crippen LogP contribution >= 0.6 is 0 Å². The molecule has 3 heterocycles. The number of anilines is 4. The maximum Gasteiger partial charge on any atom is 0.247 e. The summed E-state index contributed by atoms with van der Waals surface area (Å²) >= 11 is 0. The molecule has 0 aliphatic carbocycles. The van der Waals surface area contributed by atoms with Gasteiger partial charge in [0.1, 0.15) is 11.4 Å². The number of aromatic nitrogens is 4. The average Bonchev–Trinajstić information content (AvgIpc) is 3.27. The zero-order valence-electron chi connectivity index (χ0n) is 20.9. The Morgan fingerprint density at radius 1 is 1.22 bits per heavy atom. The molecule has 0 atom stereocenters. The number of hydrogen-bond acceptors (Lipinski definition) is 8. The van der Waals surface area contributed by atoms with Gasteiger partial charge in [-0.3, -0.25) is 4.79 Å². The van der Waals surface area contributed by atoms with Crippen molar-refractivity contribution in [2.24, 2.45) is 7.05 Å². The maximum atomic E-state index is 12.1. The normalized spacial score (nSPS) is 10.8. The Balaban J connectivity index is 1.68. The summed E-state index contributed by atoms with van der Waals surface area (Å²) in [5.41, 5.74) is 4.54. The maximum absolute atomic E-state index is 12.1. The molecule has 1 aromatic carbocycles. The van der Waals surface area contributed by atoms with Crippen LogP contribution in [0, 0.1) is 0 Å². The van der Waals surface area contributed by atoms with E-state index in [1.807, 2.05) is 61.1 Å². The Kier molecular flexibility index (Phi) is 7.45. The summed E-state index contributed by atoms with van der Waals surface area (Å²) < 4.78 is 7.63. The van der Waals surface area contributed by atoms with Gasteiger partial charge < -0.3 is 30.2 Å². The van der Waals surface area contributed by atoms with Crippen LogP contribution < -0.4 is 25.6 Å². The molecule has 4 rings (SSSR count). The van der Waals surface area contributed by atoms with Crippen molar-refractivity contribution in [2.45, 2.75) is 0 Å². The molecule has 0 spiro atoms. The topological polar surface area (TPSA) is 109 Å². The van der Waals surface area contributed by atoms with Gasteiger partial charge in [-0.05, 0) is 37.4 Å². The second-order valence-corrected chi connectivity index (χ2v) is 8.24. The predicted octanol–water partition coefficient (Wildman–Crippen LogP) is 3.56. The van der Waals surface area contributed by atoms with Crippen molar-refractivity contribution in [1.29, 1.82) is 0 Å². The molecular formula is C26H30N8O2. The number of ether oxygens (including phenoxy) is 1. The molecule has 10 nitrogen and oxygen atoms in total. The molecule has 1 amide bonds. The zero-order chi connectivity index (χ0) is 25.7. The van der Waals surface area contributed by atoms with Crippen LogP contribution in [0.15, 0.2) is 61.6 Å².